The number of thioether (sulfide) groups is 1. The molecule has 0 bridgehead atoms. The molecule has 1 saturated heterocycles. The summed E-state index contributed by atoms with van der Waals surface area (Å²) in [6.07, 6.45) is 0. The summed E-state index contributed by atoms with van der Waals surface area (Å²) in [6.45, 7) is 5.23. The van der Waals surface area contributed by atoms with Crippen LogP contribution in [0.3, 0.4) is 0 Å². The fourth-order valence-electron chi connectivity index (χ4n) is 2.07. The van der Waals surface area contributed by atoms with Crippen LogP contribution in [0.2, 0.25) is 0 Å². The Hall–Kier alpha value is -1.19. The van der Waals surface area contributed by atoms with Gasteiger partial charge in [0.2, 0.25) is 0 Å². The van der Waals surface area contributed by atoms with Crippen molar-refractivity contribution in [2.45, 2.75) is 26.3 Å². The zero-order valence-electron chi connectivity index (χ0n) is 13.1. The summed E-state index contributed by atoms with van der Waals surface area (Å²) in [5.41, 5.74) is 5.67. The number of nitrogens with one attached hydrogen (secondary N) is 1. The number of fused-ring (bicyclic) bond motifs is 1. The maximum absolute atomic E-state index is 12.4. The zero-order chi connectivity index (χ0) is 17.1. The molecule has 1 fully saturated rings. The van der Waals surface area contributed by atoms with Crippen LogP contribution in [-0.2, 0) is 23.6 Å². The van der Waals surface area contributed by atoms with Crippen molar-refractivity contribution in [2.24, 2.45) is 11.7 Å². The van der Waals surface area contributed by atoms with Gasteiger partial charge in [-0.05, 0) is 22.1 Å². The molecule has 2 aliphatic rings. The highest BCUT2D eigenvalue weighted by atomic mass is 32.2. The second-order valence-corrected chi connectivity index (χ2v) is 7.62. The van der Waals surface area contributed by atoms with Gasteiger partial charge in [0.15, 0.2) is 12.4 Å². The first-order chi connectivity index (χ1) is 10.8. The Morgan fingerprint density at radius 1 is 1.61 bits per heavy atom. The Morgan fingerprint density at radius 2 is 2.30 bits per heavy atom. The summed E-state index contributed by atoms with van der Waals surface area (Å²) in [5.74, 6) is -1.04. The molecule has 3 N–H and O–H groups in total. The lowest BCUT2D eigenvalue weighted by molar-refractivity contribution is -0.150. The third-order valence-corrected chi connectivity index (χ3v) is 5.63. The lowest BCUT2D eigenvalue weighted by Gasteiger charge is -2.24. The van der Waals surface area contributed by atoms with Crippen molar-refractivity contribution in [3.05, 3.63) is 10.6 Å². The molecule has 0 radical (unpaired) electrons. The molecule has 2 atom stereocenters. The van der Waals surface area contributed by atoms with Crippen LogP contribution in [0, 0.1) is 5.92 Å². The predicted octanol–water partition coefficient (Wildman–Crippen LogP) is 0.686. The lowest BCUT2D eigenvalue weighted by Crippen LogP contribution is -2.48. The molecule has 2 unspecified atom stereocenters. The van der Waals surface area contributed by atoms with E-state index in [4.69, 9.17) is 15.2 Å². The van der Waals surface area contributed by atoms with Crippen LogP contribution in [-0.4, -0.2) is 47.0 Å². The van der Waals surface area contributed by atoms with Gasteiger partial charge < -0.3 is 15.2 Å². The predicted molar refractivity (Wildman–Crippen MR) is 84.3 cm³/mol. The largest absolute Gasteiger partial charge is 0.558 e. The van der Waals surface area contributed by atoms with E-state index < -0.39 is 25.5 Å². The minimum atomic E-state index is -2.20. The number of allylic oxidation sites excluding steroid dienone is 1. The summed E-state index contributed by atoms with van der Waals surface area (Å²) in [5, 5.41) is 4.05. The molecule has 11 heteroatoms. The third kappa shape index (κ3) is 4.02. The van der Waals surface area contributed by atoms with Crippen molar-refractivity contribution in [2.75, 3.05) is 19.9 Å². The van der Waals surface area contributed by atoms with E-state index >= 15 is 0 Å². The summed E-state index contributed by atoms with van der Waals surface area (Å²) in [6, 6.07) is 0. The van der Waals surface area contributed by atoms with Crippen LogP contribution in [0.1, 0.15) is 20.8 Å². The van der Waals surface area contributed by atoms with Gasteiger partial charge in [-0.15, -0.1) is 0 Å². The smallest absolute Gasteiger partial charge is 0.465 e. The number of nitrogens with zero attached hydrogens (tertiary/aromatic N) is 2. The molecule has 23 heavy (non-hydrogen) atoms. The number of carbonyl (C=O) groups excluding carboxylic acids is 2. The highest BCUT2D eigenvalue weighted by molar-refractivity contribution is 8.03. The number of nitrogens with two attached hydrogens (primary N) is 1. The number of esters is 2. The summed E-state index contributed by atoms with van der Waals surface area (Å²) >= 11 is 1.31. The Labute approximate surface area is 139 Å². The van der Waals surface area contributed by atoms with Crippen LogP contribution < -0.4 is 10.9 Å². The molecule has 0 aromatic carbocycles. The second-order valence-electron chi connectivity index (χ2n) is 5.15. The zero-order valence-corrected chi connectivity index (χ0v) is 14.9. The second kappa shape index (κ2) is 7.59. The number of hydrazine groups is 1. The van der Waals surface area contributed by atoms with Crippen LogP contribution in [0.5, 0.6) is 0 Å². The third-order valence-electron chi connectivity index (χ3n) is 3.11. The van der Waals surface area contributed by atoms with Gasteiger partial charge in [-0.1, -0.05) is 25.6 Å². The summed E-state index contributed by atoms with van der Waals surface area (Å²) < 4.78 is 23.6. The topological polar surface area (TPSA) is 114 Å². The van der Waals surface area contributed by atoms with Gasteiger partial charge in [0.25, 0.3) is 0 Å². The molecule has 128 valence electrons. The number of rotatable bonds is 4. The number of carbonyl (C=O) groups is 2. The quantitative estimate of drug-likeness (QED) is 0.546. The van der Waals surface area contributed by atoms with Gasteiger partial charge in [0.05, 0.1) is 6.61 Å². The van der Waals surface area contributed by atoms with Crippen LogP contribution in [0.4, 0.5) is 0 Å². The monoisotopic (exact) mass is 363 g/mol. The number of hydrogen-bond acceptors (Lipinski definition) is 8. The van der Waals surface area contributed by atoms with Crippen molar-refractivity contribution in [3.63, 3.8) is 0 Å². The number of cyclic esters (lactones) is 1. The first kappa shape index (κ1) is 18.2. The molecule has 0 spiro atoms. The Bertz CT molecular complexity index is 556. The Balaban J connectivity index is 2.20. The van der Waals surface area contributed by atoms with Crippen molar-refractivity contribution < 1.29 is 23.6 Å². The van der Waals surface area contributed by atoms with Crippen LogP contribution in [0.25, 0.3) is 0 Å². The van der Waals surface area contributed by atoms with Crippen LogP contribution in [0.15, 0.2) is 10.6 Å². The van der Waals surface area contributed by atoms with Gasteiger partial charge in [0.1, 0.15) is 12.0 Å². The Morgan fingerprint density at radius 3 is 2.91 bits per heavy atom. The van der Waals surface area contributed by atoms with Crippen molar-refractivity contribution in [1.29, 1.82) is 0 Å². The van der Waals surface area contributed by atoms with E-state index in [1.54, 1.807) is 6.92 Å². The van der Waals surface area contributed by atoms with Gasteiger partial charge in [0, 0.05) is 10.1 Å². The van der Waals surface area contributed by atoms with Crippen molar-refractivity contribution >= 4 is 31.8 Å². The normalized spacial score (nSPS) is 24.4. The minimum Gasteiger partial charge on any atom is -0.465 e. The van der Waals surface area contributed by atoms with Crippen LogP contribution >= 0.6 is 19.9 Å². The number of hydrogen-bond donors (Lipinski definition) is 2. The standard InChI is InChI=1S/C12H20N4O5PS/c1-4-20-8(17)5-15-6-21-11(18)9-10(7(2)3)23-12(13)16(9)14-22(15)19/h7,12H,4-6,13H2,1-3H3,(H,14,19)/q+1. The summed E-state index contributed by atoms with van der Waals surface area (Å²) in [7, 11) is -2.20. The van der Waals surface area contributed by atoms with Gasteiger partial charge in [-0.25, -0.2) is 9.80 Å². The molecule has 0 amide bonds. The lowest BCUT2D eigenvalue weighted by atomic mass is 10.2. The van der Waals surface area contributed by atoms with Gasteiger partial charge in [-0.3, -0.25) is 4.79 Å². The fraction of sp³-hybridized carbons (Fsp3) is 0.667. The minimum absolute atomic E-state index is 0.0772. The summed E-state index contributed by atoms with van der Waals surface area (Å²) in [4.78, 5) is 24.6. The highest BCUT2D eigenvalue weighted by Crippen LogP contribution is 2.42. The molecule has 9 nitrogen and oxygen atoms in total. The van der Waals surface area contributed by atoms with E-state index in [9.17, 15) is 14.2 Å². The average molecular weight is 363 g/mol. The maximum atomic E-state index is 12.4. The van der Waals surface area contributed by atoms with Crippen molar-refractivity contribution in [3.8, 4) is 0 Å². The number of ether oxygens (including phenoxy) is 2. The van der Waals surface area contributed by atoms with Crippen molar-refractivity contribution in [1.82, 2.24) is 14.9 Å². The SMILES string of the molecule is CCOC(=O)CN1COC(=O)C2=C(C(C)C)SC(N)N2N[P+]1=O. The van der Waals surface area contributed by atoms with Gasteiger partial charge in [-0.2, -0.15) is 0 Å². The maximum Gasteiger partial charge on any atom is 0.558 e. The van der Waals surface area contributed by atoms with E-state index in [-0.39, 0.29) is 31.5 Å². The average Bonchev–Trinajstić information content (AvgIpc) is 2.79. The molecule has 0 aromatic heterocycles. The molecule has 2 heterocycles. The molecule has 0 aromatic rings. The fourth-order valence-corrected chi connectivity index (χ4v) is 4.18. The molecular formula is C12H20N4O5PS+. The van der Waals surface area contributed by atoms with E-state index in [0.717, 1.165) is 4.91 Å². The van der Waals surface area contributed by atoms with E-state index in [0.29, 0.717) is 0 Å². The van der Waals surface area contributed by atoms with Gasteiger partial charge >= 0.3 is 20.0 Å². The Kier molecular flexibility index (Phi) is 5.99. The van der Waals surface area contributed by atoms with E-state index in [2.05, 4.69) is 5.20 Å². The highest BCUT2D eigenvalue weighted by Gasteiger charge is 2.45. The molecule has 0 saturated carbocycles. The van der Waals surface area contributed by atoms with E-state index in [1.807, 2.05) is 13.8 Å². The molecule has 2 aliphatic heterocycles. The molecule has 0 aliphatic carbocycles. The first-order valence-electron chi connectivity index (χ1n) is 7.12. The first-order valence-corrected chi connectivity index (χ1v) is 9.21. The molecular weight excluding hydrogens is 343 g/mol. The molecule has 2 rings (SSSR count). The van der Waals surface area contributed by atoms with E-state index in [1.165, 1.54) is 21.4 Å².